The van der Waals surface area contributed by atoms with Gasteiger partial charge in [-0.3, -0.25) is 14.3 Å². The molecule has 0 aliphatic carbocycles. The Hall–Kier alpha value is -1.33. The summed E-state index contributed by atoms with van der Waals surface area (Å²) >= 11 is 6.22. The van der Waals surface area contributed by atoms with E-state index in [1.165, 1.54) is 5.56 Å². The van der Waals surface area contributed by atoms with E-state index in [-0.39, 0.29) is 0 Å². The molecule has 0 N–H and O–H groups in total. The summed E-state index contributed by atoms with van der Waals surface area (Å²) in [5, 5.41) is 9.19. The molecule has 18 heavy (non-hydrogen) atoms. The van der Waals surface area contributed by atoms with Crippen LogP contribution < -0.4 is 0 Å². The summed E-state index contributed by atoms with van der Waals surface area (Å²) in [6.45, 7) is 3.62. The first-order chi connectivity index (χ1) is 8.47. The molecule has 6 heteroatoms. The van der Waals surface area contributed by atoms with Crippen molar-refractivity contribution < 1.29 is 0 Å². The average Bonchev–Trinajstić information content (AvgIpc) is 2.78. The number of aryl methyl sites for hydroxylation is 3. The van der Waals surface area contributed by atoms with Gasteiger partial charge in [0.05, 0.1) is 11.9 Å². The monoisotopic (exact) mass is 267 g/mol. The van der Waals surface area contributed by atoms with Crippen molar-refractivity contribution in [2.75, 3.05) is 7.05 Å². The van der Waals surface area contributed by atoms with Crippen LogP contribution in [0, 0.1) is 6.92 Å². The van der Waals surface area contributed by atoms with Crippen LogP contribution in [0.1, 0.15) is 16.8 Å². The first kappa shape index (κ1) is 13.1. The maximum atomic E-state index is 6.22. The summed E-state index contributed by atoms with van der Waals surface area (Å²) in [7, 11) is 5.85. The van der Waals surface area contributed by atoms with E-state index in [2.05, 4.69) is 22.1 Å². The SMILES string of the molecule is Cc1nn(C)c(Cl)c1CN(C)Cc1cnn(C)c1. The van der Waals surface area contributed by atoms with Crippen molar-refractivity contribution >= 4 is 11.6 Å². The highest BCUT2D eigenvalue weighted by molar-refractivity contribution is 6.30. The number of nitrogens with zero attached hydrogens (tertiary/aromatic N) is 5. The predicted octanol–water partition coefficient (Wildman–Crippen LogP) is 1.75. The Morgan fingerprint density at radius 1 is 1.33 bits per heavy atom. The van der Waals surface area contributed by atoms with Crippen molar-refractivity contribution in [3.8, 4) is 0 Å². The smallest absolute Gasteiger partial charge is 0.131 e. The molecule has 0 atom stereocenters. The number of rotatable bonds is 4. The van der Waals surface area contributed by atoms with E-state index in [1.54, 1.807) is 4.68 Å². The molecule has 0 bridgehead atoms. The molecular formula is C12H18ClN5. The minimum Gasteiger partial charge on any atom is -0.298 e. The largest absolute Gasteiger partial charge is 0.298 e. The van der Waals surface area contributed by atoms with Crippen molar-refractivity contribution in [1.29, 1.82) is 0 Å². The van der Waals surface area contributed by atoms with Gasteiger partial charge in [0.25, 0.3) is 0 Å². The molecule has 2 heterocycles. The molecule has 0 unspecified atom stereocenters. The molecule has 5 nitrogen and oxygen atoms in total. The molecule has 0 aliphatic heterocycles. The van der Waals surface area contributed by atoms with Gasteiger partial charge >= 0.3 is 0 Å². The van der Waals surface area contributed by atoms with Crippen LogP contribution in [-0.4, -0.2) is 31.5 Å². The van der Waals surface area contributed by atoms with E-state index < -0.39 is 0 Å². The van der Waals surface area contributed by atoms with Crippen molar-refractivity contribution in [3.63, 3.8) is 0 Å². The van der Waals surface area contributed by atoms with Gasteiger partial charge < -0.3 is 0 Å². The van der Waals surface area contributed by atoms with Crippen LogP contribution >= 0.6 is 11.6 Å². The Morgan fingerprint density at radius 2 is 2.06 bits per heavy atom. The van der Waals surface area contributed by atoms with Crippen LogP contribution in [0.2, 0.25) is 5.15 Å². The first-order valence-electron chi connectivity index (χ1n) is 5.81. The zero-order valence-electron chi connectivity index (χ0n) is 11.2. The molecule has 2 aromatic rings. The van der Waals surface area contributed by atoms with Gasteiger partial charge in [-0.15, -0.1) is 0 Å². The highest BCUT2D eigenvalue weighted by atomic mass is 35.5. The van der Waals surface area contributed by atoms with Gasteiger partial charge in [-0.25, -0.2) is 0 Å². The molecule has 98 valence electrons. The zero-order chi connectivity index (χ0) is 13.3. The molecular weight excluding hydrogens is 250 g/mol. The fourth-order valence-electron chi connectivity index (χ4n) is 2.04. The molecule has 0 aliphatic rings. The van der Waals surface area contributed by atoms with Crippen LogP contribution in [0.4, 0.5) is 0 Å². The Bertz CT molecular complexity index is 543. The fourth-order valence-corrected chi connectivity index (χ4v) is 2.28. The second kappa shape index (κ2) is 5.12. The van der Waals surface area contributed by atoms with Crippen molar-refractivity contribution in [1.82, 2.24) is 24.5 Å². The molecule has 0 spiro atoms. The van der Waals surface area contributed by atoms with Gasteiger partial charge in [0.2, 0.25) is 0 Å². The van der Waals surface area contributed by atoms with Gasteiger partial charge in [-0.05, 0) is 14.0 Å². The highest BCUT2D eigenvalue weighted by Crippen LogP contribution is 2.20. The zero-order valence-corrected chi connectivity index (χ0v) is 11.9. The predicted molar refractivity (Wildman–Crippen MR) is 71.3 cm³/mol. The second-order valence-electron chi connectivity index (χ2n) is 4.67. The Kier molecular flexibility index (Phi) is 3.73. The lowest BCUT2D eigenvalue weighted by molar-refractivity contribution is 0.318. The van der Waals surface area contributed by atoms with Crippen LogP contribution in [0.15, 0.2) is 12.4 Å². The van der Waals surface area contributed by atoms with Crippen LogP contribution in [0.3, 0.4) is 0 Å². The number of aromatic nitrogens is 4. The quantitative estimate of drug-likeness (QED) is 0.847. The summed E-state index contributed by atoms with van der Waals surface area (Å²) in [6, 6.07) is 0. The van der Waals surface area contributed by atoms with Crippen molar-refractivity contribution in [2.24, 2.45) is 14.1 Å². The number of hydrogen-bond donors (Lipinski definition) is 0. The van der Waals surface area contributed by atoms with E-state index in [4.69, 9.17) is 11.6 Å². The summed E-state index contributed by atoms with van der Waals surface area (Å²) in [5.41, 5.74) is 3.27. The van der Waals surface area contributed by atoms with Crippen molar-refractivity contribution in [2.45, 2.75) is 20.0 Å². The van der Waals surface area contributed by atoms with E-state index in [0.717, 1.165) is 24.3 Å². The number of hydrogen-bond acceptors (Lipinski definition) is 3. The first-order valence-corrected chi connectivity index (χ1v) is 6.19. The molecule has 0 radical (unpaired) electrons. The lowest BCUT2D eigenvalue weighted by Gasteiger charge is -2.15. The van der Waals surface area contributed by atoms with Gasteiger partial charge in [0.1, 0.15) is 5.15 Å². The molecule has 2 rings (SSSR count). The minimum atomic E-state index is 0.713. The lowest BCUT2D eigenvalue weighted by Crippen LogP contribution is -2.17. The standard InChI is InChI=1S/C12H18ClN5/c1-9-11(12(13)18(4)15-9)8-16(2)6-10-5-14-17(3)7-10/h5,7H,6,8H2,1-4H3. The van der Waals surface area contributed by atoms with Gasteiger partial charge in [-0.1, -0.05) is 11.6 Å². The minimum absolute atomic E-state index is 0.713. The van der Waals surface area contributed by atoms with Gasteiger partial charge in [0, 0.05) is 44.5 Å². The summed E-state index contributed by atoms with van der Waals surface area (Å²) < 4.78 is 3.52. The van der Waals surface area contributed by atoms with E-state index in [0.29, 0.717) is 5.15 Å². The summed E-state index contributed by atoms with van der Waals surface area (Å²) in [6.07, 6.45) is 3.91. The molecule has 2 aromatic heterocycles. The molecule has 0 saturated carbocycles. The summed E-state index contributed by atoms with van der Waals surface area (Å²) in [5.74, 6) is 0. The Balaban J connectivity index is 2.05. The van der Waals surface area contributed by atoms with Crippen LogP contribution in [-0.2, 0) is 27.2 Å². The van der Waals surface area contributed by atoms with E-state index >= 15 is 0 Å². The van der Waals surface area contributed by atoms with E-state index in [1.807, 2.05) is 38.1 Å². The lowest BCUT2D eigenvalue weighted by atomic mass is 10.2. The third-order valence-corrected chi connectivity index (χ3v) is 3.38. The van der Waals surface area contributed by atoms with Crippen LogP contribution in [0.25, 0.3) is 0 Å². The van der Waals surface area contributed by atoms with E-state index in [9.17, 15) is 0 Å². The topological polar surface area (TPSA) is 38.9 Å². The fraction of sp³-hybridized carbons (Fsp3) is 0.500. The third kappa shape index (κ3) is 2.73. The molecule has 0 aromatic carbocycles. The Morgan fingerprint density at radius 3 is 2.56 bits per heavy atom. The van der Waals surface area contributed by atoms with Crippen molar-refractivity contribution in [3.05, 3.63) is 34.4 Å². The normalized spacial score (nSPS) is 11.4. The number of halogens is 1. The Labute approximate surface area is 112 Å². The maximum absolute atomic E-state index is 6.22. The van der Waals surface area contributed by atoms with Gasteiger partial charge in [-0.2, -0.15) is 10.2 Å². The molecule has 0 amide bonds. The maximum Gasteiger partial charge on any atom is 0.131 e. The average molecular weight is 268 g/mol. The highest BCUT2D eigenvalue weighted by Gasteiger charge is 2.13. The molecule has 0 fully saturated rings. The summed E-state index contributed by atoms with van der Waals surface area (Å²) in [4.78, 5) is 2.20. The van der Waals surface area contributed by atoms with Crippen LogP contribution in [0.5, 0.6) is 0 Å². The molecule has 0 saturated heterocycles. The third-order valence-electron chi connectivity index (χ3n) is 2.91. The van der Waals surface area contributed by atoms with Gasteiger partial charge in [0.15, 0.2) is 0 Å². The second-order valence-corrected chi connectivity index (χ2v) is 5.03.